The predicted molar refractivity (Wildman–Crippen MR) is 164 cm³/mol. The number of carbonyl (C=O) groups excluding carboxylic acids is 1. The van der Waals surface area contributed by atoms with Gasteiger partial charge in [-0.1, -0.05) is 38.1 Å². The van der Waals surface area contributed by atoms with Gasteiger partial charge in [0.2, 0.25) is 0 Å². The van der Waals surface area contributed by atoms with Crippen LogP contribution < -0.4 is 23.8 Å². The molecule has 1 atom stereocenters. The lowest BCUT2D eigenvalue weighted by Crippen LogP contribution is -2.27. The van der Waals surface area contributed by atoms with E-state index in [2.05, 4.69) is 15.3 Å². The van der Waals surface area contributed by atoms with Crippen molar-refractivity contribution in [3.8, 4) is 23.0 Å². The number of anilines is 2. The SMILES string of the molecule is COc1ccccc1Oc1c(OCCO)cc(C(=O)NCCc2ccccn2)cc1N(c1ccc(C(C)C)cn1)S(=O)O. The molecule has 4 rings (SSSR count). The highest BCUT2D eigenvalue weighted by Gasteiger charge is 2.28. The molecule has 0 radical (unpaired) electrons. The Hall–Kier alpha value is -4.52. The second-order valence-electron chi connectivity index (χ2n) is 9.60. The molecule has 1 unspecified atom stereocenters. The van der Waals surface area contributed by atoms with Gasteiger partial charge in [-0.2, -0.15) is 0 Å². The molecule has 12 heteroatoms. The number of carbonyl (C=O) groups is 1. The Balaban J connectivity index is 1.82. The fraction of sp³-hybridized carbons (Fsp3) is 0.258. The minimum absolute atomic E-state index is 0.0140. The van der Waals surface area contributed by atoms with E-state index in [0.29, 0.717) is 24.5 Å². The smallest absolute Gasteiger partial charge is 0.268 e. The van der Waals surface area contributed by atoms with Gasteiger partial charge in [-0.15, -0.1) is 0 Å². The largest absolute Gasteiger partial charge is 0.493 e. The number of rotatable bonds is 14. The minimum atomic E-state index is -2.65. The zero-order chi connectivity index (χ0) is 30.8. The summed E-state index contributed by atoms with van der Waals surface area (Å²) in [5.74, 6) is 0.628. The molecule has 0 aliphatic heterocycles. The number of nitrogens with zero attached hydrogens (tertiary/aromatic N) is 3. The molecule has 2 aromatic heterocycles. The van der Waals surface area contributed by atoms with Crippen molar-refractivity contribution >= 4 is 28.7 Å². The number of benzene rings is 2. The summed E-state index contributed by atoms with van der Waals surface area (Å²) in [6.45, 7) is 3.87. The fourth-order valence-corrected chi connectivity index (χ4v) is 4.72. The van der Waals surface area contributed by atoms with Gasteiger partial charge in [0.05, 0.1) is 13.7 Å². The van der Waals surface area contributed by atoms with E-state index in [1.54, 1.807) is 42.7 Å². The van der Waals surface area contributed by atoms with Crippen LogP contribution in [0.2, 0.25) is 0 Å². The molecule has 2 heterocycles. The normalized spacial score (nSPS) is 11.6. The molecule has 4 aromatic rings. The molecule has 0 aliphatic carbocycles. The minimum Gasteiger partial charge on any atom is -0.493 e. The summed E-state index contributed by atoms with van der Waals surface area (Å²) < 4.78 is 42.0. The van der Waals surface area contributed by atoms with E-state index in [9.17, 15) is 18.7 Å². The van der Waals surface area contributed by atoms with Crippen LogP contribution in [-0.4, -0.2) is 56.6 Å². The average molecular weight is 607 g/mol. The van der Waals surface area contributed by atoms with Crippen molar-refractivity contribution in [3.63, 3.8) is 0 Å². The third kappa shape index (κ3) is 8.07. The fourth-order valence-electron chi connectivity index (χ4n) is 4.15. The zero-order valence-corrected chi connectivity index (χ0v) is 24.9. The highest BCUT2D eigenvalue weighted by Crippen LogP contribution is 2.46. The molecule has 0 saturated carbocycles. The van der Waals surface area contributed by atoms with Gasteiger partial charge in [0.25, 0.3) is 17.2 Å². The first-order chi connectivity index (χ1) is 20.8. The maximum absolute atomic E-state index is 13.4. The molecule has 2 aromatic carbocycles. The number of para-hydroxylation sites is 2. The highest BCUT2D eigenvalue weighted by atomic mass is 32.2. The van der Waals surface area contributed by atoms with E-state index >= 15 is 0 Å². The molecule has 0 bridgehead atoms. The van der Waals surface area contributed by atoms with Crippen molar-refractivity contribution in [2.75, 3.05) is 31.2 Å². The summed E-state index contributed by atoms with van der Waals surface area (Å²) in [6.07, 6.45) is 3.80. The summed E-state index contributed by atoms with van der Waals surface area (Å²) in [7, 11) is 1.49. The third-order valence-electron chi connectivity index (χ3n) is 6.34. The molecular weight excluding hydrogens is 572 g/mol. The number of aromatic nitrogens is 2. The Kier molecular flexibility index (Phi) is 11.0. The van der Waals surface area contributed by atoms with Gasteiger partial charge in [0, 0.05) is 36.6 Å². The molecular formula is C31H34N4O7S. The van der Waals surface area contributed by atoms with Crippen molar-refractivity contribution in [1.82, 2.24) is 15.3 Å². The van der Waals surface area contributed by atoms with Crippen LogP contribution in [0, 0.1) is 0 Å². The topological polar surface area (TPSA) is 143 Å². The Labute approximate surface area is 252 Å². The summed E-state index contributed by atoms with van der Waals surface area (Å²) in [5.41, 5.74) is 1.91. The van der Waals surface area contributed by atoms with Crippen LogP contribution >= 0.6 is 0 Å². The molecule has 0 aliphatic rings. The predicted octanol–water partition coefficient (Wildman–Crippen LogP) is 5.02. The van der Waals surface area contributed by atoms with Gasteiger partial charge in [0.1, 0.15) is 18.1 Å². The first-order valence-electron chi connectivity index (χ1n) is 13.6. The van der Waals surface area contributed by atoms with Gasteiger partial charge in [-0.3, -0.25) is 14.3 Å². The van der Waals surface area contributed by atoms with Crippen molar-refractivity contribution in [1.29, 1.82) is 0 Å². The Morgan fingerprint density at radius 1 is 1.02 bits per heavy atom. The van der Waals surface area contributed by atoms with Gasteiger partial charge in [0.15, 0.2) is 23.0 Å². The summed E-state index contributed by atoms with van der Waals surface area (Å²) in [6, 6.07) is 18.7. The number of methoxy groups -OCH3 is 1. The number of aliphatic hydroxyl groups excluding tert-OH is 1. The molecule has 11 nitrogen and oxygen atoms in total. The van der Waals surface area contributed by atoms with E-state index in [1.165, 1.54) is 19.2 Å². The van der Waals surface area contributed by atoms with Crippen LogP contribution in [0.1, 0.15) is 41.4 Å². The maximum atomic E-state index is 13.4. The average Bonchev–Trinajstić information content (AvgIpc) is 3.01. The second-order valence-corrected chi connectivity index (χ2v) is 10.4. The summed E-state index contributed by atoms with van der Waals surface area (Å²) in [5, 5.41) is 12.4. The van der Waals surface area contributed by atoms with E-state index in [1.807, 2.05) is 38.1 Å². The lowest BCUT2D eigenvalue weighted by atomic mass is 10.1. The number of pyridine rings is 2. The number of hydrogen-bond acceptors (Lipinski definition) is 8. The lowest BCUT2D eigenvalue weighted by Gasteiger charge is -2.25. The quantitative estimate of drug-likeness (QED) is 0.169. The number of ether oxygens (including phenoxy) is 3. The van der Waals surface area contributed by atoms with Gasteiger partial charge >= 0.3 is 0 Å². The van der Waals surface area contributed by atoms with Crippen LogP contribution in [0.3, 0.4) is 0 Å². The first kappa shape index (κ1) is 31.4. The lowest BCUT2D eigenvalue weighted by molar-refractivity contribution is 0.0953. The first-order valence-corrected chi connectivity index (χ1v) is 14.7. The zero-order valence-electron chi connectivity index (χ0n) is 24.1. The van der Waals surface area contributed by atoms with E-state index in [4.69, 9.17) is 14.2 Å². The summed E-state index contributed by atoms with van der Waals surface area (Å²) >= 11 is -2.65. The molecule has 0 fully saturated rings. The highest BCUT2D eigenvalue weighted by molar-refractivity contribution is 7.81. The van der Waals surface area contributed by atoms with Crippen LogP contribution in [-0.2, 0) is 17.7 Å². The molecule has 0 saturated heterocycles. The van der Waals surface area contributed by atoms with Crippen LogP contribution in [0.15, 0.2) is 79.1 Å². The monoisotopic (exact) mass is 606 g/mol. The number of aliphatic hydroxyl groups is 1. The number of amides is 1. The molecule has 3 N–H and O–H groups in total. The maximum Gasteiger partial charge on any atom is 0.268 e. The van der Waals surface area contributed by atoms with Gasteiger partial charge in [-0.25, -0.2) is 13.5 Å². The van der Waals surface area contributed by atoms with Crippen molar-refractivity contribution < 1.29 is 32.9 Å². The van der Waals surface area contributed by atoms with Crippen molar-refractivity contribution in [3.05, 3.63) is 95.9 Å². The molecule has 0 spiro atoms. The van der Waals surface area contributed by atoms with Gasteiger partial charge in [-0.05, 0) is 53.9 Å². The Bertz CT molecular complexity index is 1540. The molecule has 226 valence electrons. The molecule has 1 amide bonds. The van der Waals surface area contributed by atoms with E-state index in [-0.39, 0.29) is 47.7 Å². The van der Waals surface area contributed by atoms with E-state index < -0.39 is 17.2 Å². The van der Waals surface area contributed by atoms with Crippen molar-refractivity contribution in [2.45, 2.75) is 26.2 Å². The Morgan fingerprint density at radius 3 is 2.42 bits per heavy atom. The standard InChI is InChI=1S/C31H34N4O7S/c1-21(2)22-11-12-29(34-20-22)35(43(38)39)25-18-23(31(37)33-15-13-24-8-6-7-14-32-24)19-28(41-17-16-36)30(25)42-27-10-5-4-9-26(27)40-3/h4-12,14,18-21,36H,13,15-17H2,1-3H3,(H,33,37)(H,38,39). The Morgan fingerprint density at radius 2 is 1.79 bits per heavy atom. The van der Waals surface area contributed by atoms with Crippen LogP contribution in [0.4, 0.5) is 11.5 Å². The second kappa shape index (κ2) is 15.1. The third-order valence-corrected chi connectivity index (χ3v) is 7.04. The van der Waals surface area contributed by atoms with E-state index in [0.717, 1.165) is 15.6 Å². The van der Waals surface area contributed by atoms with Gasteiger partial charge < -0.3 is 24.6 Å². The van der Waals surface area contributed by atoms with Crippen LogP contribution in [0.5, 0.6) is 23.0 Å². The number of nitrogens with one attached hydrogen (secondary N) is 1. The van der Waals surface area contributed by atoms with Crippen LogP contribution in [0.25, 0.3) is 0 Å². The molecule has 43 heavy (non-hydrogen) atoms. The summed E-state index contributed by atoms with van der Waals surface area (Å²) in [4.78, 5) is 22.1. The van der Waals surface area contributed by atoms with Crippen molar-refractivity contribution in [2.24, 2.45) is 0 Å². The number of hydrogen-bond donors (Lipinski definition) is 3.